The van der Waals surface area contributed by atoms with Crippen LogP contribution in [0, 0.1) is 11.8 Å². The molecule has 2 fully saturated rings. The van der Waals surface area contributed by atoms with Crippen LogP contribution >= 0.6 is 12.4 Å². The van der Waals surface area contributed by atoms with Crippen molar-refractivity contribution in [3.63, 3.8) is 0 Å². The summed E-state index contributed by atoms with van der Waals surface area (Å²) in [6.45, 7) is 3.69. The number of benzene rings is 1. The minimum absolute atomic E-state index is 0. The van der Waals surface area contributed by atoms with Gasteiger partial charge in [0, 0.05) is 55.3 Å². The standard InChI is InChI=1S/C18H19N3O2.ClH/c22-17(14-5-6-19-7-14)12-1-3-13(4-2-12)18(23)21-10-15-8-20-9-16(15)11-21;/h1-7,15-16,19-20H,8-11H2;1H/t15-,16+;. The van der Waals surface area contributed by atoms with Crippen LogP contribution in [0.1, 0.15) is 26.3 Å². The molecule has 0 radical (unpaired) electrons. The first-order valence-corrected chi connectivity index (χ1v) is 8.00. The number of nitrogens with zero attached hydrogens (tertiary/aromatic N) is 1. The maximum atomic E-state index is 12.6. The molecule has 3 heterocycles. The molecule has 4 rings (SSSR count). The Balaban J connectivity index is 0.00000169. The van der Waals surface area contributed by atoms with Crippen molar-refractivity contribution in [3.05, 3.63) is 59.4 Å². The SMILES string of the molecule is Cl.O=C(c1ccc(C(=O)N2C[C@H]3CNC[C@H]3C2)cc1)c1cc[nH]c1. The van der Waals surface area contributed by atoms with Gasteiger partial charge in [-0.05, 0) is 30.0 Å². The highest BCUT2D eigenvalue weighted by atomic mass is 35.5. The predicted molar refractivity (Wildman–Crippen MR) is 93.7 cm³/mol. The van der Waals surface area contributed by atoms with Gasteiger partial charge in [0.1, 0.15) is 0 Å². The summed E-state index contributed by atoms with van der Waals surface area (Å²) in [5.41, 5.74) is 1.89. The van der Waals surface area contributed by atoms with Crippen molar-refractivity contribution < 1.29 is 9.59 Å². The van der Waals surface area contributed by atoms with E-state index in [9.17, 15) is 9.59 Å². The van der Waals surface area contributed by atoms with Crippen molar-refractivity contribution in [2.24, 2.45) is 11.8 Å². The fourth-order valence-corrected chi connectivity index (χ4v) is 3.60. The zero-order chi connectivity index (χ0) is 15.8. The molecule has 2 aliphatic heterocycles. The van der Waals surface area contributed by atoms with Crippen molar-refractivity contribution in [3.8, 4) is 0 Å². The molecule has 6 heteroatoms. The van der Waals surface area contributed by atoms with Crippen LogP contribution in [0.5, 0.6) is 0 Å². The van der Waals surface area contributed by atoms with Crippen LogP contribution in [0.15, 0.2) is 42.7 Å². The van der Waals surface area contributed by atoms with Gasteiger partial charge in [-0.25, -0.2) is 0 Å². The summed E-state index contributed by atoms with van der Waals surface area (Å²) < 4.78 is 0. The van der Waals surface area contributed by atoms with Crippen LogP contribution in [0.2, 0.25) is 0 Å². The number of rotatable bonds is 3. The van der Waals surface area contributed by atoms with E-state index in [1.807, 2.05) is 4.90 Å². The van der Waals surface area contributed by atoms with Gasteiger partial charge in [0.2, 0.25) is 0 Å². The molecule has 0 saturated carbocycles. The number of fused-ring (bicyclic) bond motifs is 1. The van der Waals surface area contributed by atoms with E-state index < -0.39 is 0 Å². The van der Waals surface area contributed by atoms with Gasteiger partial charge in [-0.3, -0.25) is 9.59 Å². The van der Waals surface area contributed by atoms with Crippen LogP contribution < -0.4 is 5.32 Å². The van der Waals surface area contributed by atoms with Gasteiger partial charge in [0.15, 0.2) is 5.78 Å². The van der Waals surface area contributed by atoms with Crippen LogP contribution in [0.25, 0.3) is 0 Å². The third kappa shape index (κ3) is 2.97. The van der Waals surface area contributed by atoms with Crippen LogP contribution in [0.4, 0.5) is 0 Å². The number of aromatic amines is 1. The second-order valence-corrected chi connectivity index (χ2v) is 6.39. The van der Waals surface area contributed by atoms with Gasteiger partial charge >= 0.3 is 0 Å². The third-order valence-electron chi connectivity index (χ3n) is 4.93. The maximum absolute atomic E-state index is 12.6. The van der Waals surface area contributed by atoms with Crippen molar-refractivity contribution in [1.82, 2.24) is 15.2 Å². The first-order valence-electron chi connectivity index (χ1n) is 8.00. The number of nitrogens with one attached hydrogen (secondary N) is 2. The van der Waals surface area contributed by atoms with Gasteiger partial charge in [-0.1, -0.05) is 12.1 Å². The van der Waals surface area contributed by atoms with Crippen LogP contribution in [-0.4, -0.2) is 47.8 Å². The number of hydrogen-bond donors (Lipinski definition) is 2. The van der Waals surface area contributed by atoms with E-state index in [-0.39, 0.29) is 24.1 Å². The molecular formula is C18H20ClN3O2. The predicted octanol–water partition coefficient (Wildman–Crippen LogP) is 1.96. The van der Waals surface area contributed by atoms with Crippen molar-refractivity contribution in [1.29, 1.82) is 0 Å². The second kappa shape index (κ2) is 6.79. The van der Waals surface area contributed by atoms with Gasteiger partial charge in [-0.15, -0.1) is 12.4 Å². The van der Waals surface area contributed by atoms with E-state index >= 15 is 0 Å². The summed E-state index contributed by atoms with van der Waals surface area (Å²) in [6.07, 6.45) is 3.41. The van der Waals surface area contributed by atoms with Crippen molar-refractivity contribution in [2.75, 3.05) is 26.2 Å². The largest absolute Gasteiger partial charge is 0.367 e. The minimum Gasteiger partial charge on any atom is -0.367 e. The van der Waals surface area contributed by atoms with Crippen LogP contribution in [0.3, 0.4) is 0 Å². The number of ketones is 1. The Morgan fingerprint density at radius 2 is 1.54 bits per heavy atom. The first-order chi connectivity index (χ1) is 11.2. The Labute approximate surface area is 146 Å². The smallest absolute Gasteiger partial charge is 0.253 e. The van der Waals surface area contributed by atoms with E-state index in [0.717, 1.165) is 26.2 Å². The molecule has 2 N–H and O–H groups in total. The van der Waals surface area contributed by atoms with E-state index in [1.54, 1.807) is 42.7 Å². The summed E-state index contributed by atoms with van der Waals surface area (Å²) in [6, 6.07) is 8.74. The fraction of sp³-hybridized carbons (Fsp3) is 0.333. The van der Waals surface area contributed by atoms with Crippen LogP contribution in [-0.2, 0) is 0 Å². The van der Waals surface area contributed by atoms with Gasteiger partial charge in [-0.2, -0.15) is 0 Å². The number of aromatic nitrogens is 1. The average Bonchev–Trinajstić information content (AvgIpc) is 3.29. The van der Waals surface area contributed by atoms with Crippen molar-refractivity contribution in [2.45, 2.75) is 0 Å². The van der Waals surface area contributed by atoms with Gasteiger partial charge in [0.05, 0.1) is 0 Å². The van der Waals surface area contributed by atoms with Gasteiger partial charge in [0.25, 0.3) is 5.91 Å². The highest BCUT2D eigenvalue weighted by Gasteiger charge is 2.38. The molecule has 0 aliphatic carbocycles. The molecule has 0 spiro atoms. The first kappa shape index (κ1) is 16.7. The summed E-state index contributed by atoms with van der Waals surface area (Å²) in [4.78, 5) is 29.7. The number of hydrogen-bond acceptors (Lipinski definition) is 3. The quantitative estimate of drug-likeness (QED) is 0.836. The fourth-order valence-electron chi connectivity index (χ4n) is 3.60. The zero-order valence-corrected chi connectivity index (χ0v) is 14.0. The Kier molecular flexibility index (Phi) is 4.73. The van der Waals surface area contributed by atoms with Gasteiger partial charge < -0.3 is 15.2 Å². The number of carbonyl (C=O) groups is 2. The highest BCUT2D eigenvalue weighted by molar-refractivity contribution is 6.09. The monoisotopic (exact) mass is 345 g/mol. The molecule has 2 atom stereocenters. The number of amides is 1. The molecule has 5 nitrogen and oxygen atoms in total. The molecule has 1 amide bonds. The zero-order valence-electron chi connectivity index (χ0n) is 13.2. The van der Waals surface area contributed by atoms with E-state index in [2.05, 4.69) is 10.3 Å². The molecule has 2 aliphatic rings. The maximum Gasteiger partial charge on any atom is 0.253 e. The Morgan fingerprint density at radius 3 is 2.12 bits per heavy atom. The Morgan fingerprint density at radius 1 is 0.917 bits per heavy atom. The topological polar surface area (TPSA) is 65.2 Å². The molecule has 2 aromatic rings. The highest BCUT2D eigenvalue weighted by Crippen LogP contribution is 2.27. The number of halogens is 1. The van der Waals surface area contributed by atoms with Crippen molar-refractivity contribution >= 4 is 24.1 Å². The summed E-state index contributed by atoms with van der Waals surface area (Å²) in [5, 5.41) is 3.38. The summed E-state index contributed by atoms with van der Waals surface area (Å²) in [5.74, 6) is 1.22. The lowest BCUT2D eigenvalue weighted by atomic mass is 10.0. The number of H-pyrrole nitrogens is 1. The number of carbonyl (C=O) groups excluding carboxylic acids is 2. The van der Waals surface area contributed by atoms with E-state index in [1.165, 1.54) is 0 Å². The summed E-state index contributed by atoms with van der Waals surface area (Å²) in [7, 11) is 0. The number of likely N-dealkylation sites (tertiary alicyclic amines) is 1. The third-order valence-corrected chi connectivity index (χ3v) is 4.93. The molecule has 24 heavy (non-hydrogen) atoms. The lowest BCUT2D eigenvalue weighted by molar-refractivity contribution is 0.0781. The molecule has 126 valence electrons. The second-order valence-electron chi connectivity index (χ2n) is 6.39. The lowest BCUT2D eigenvalue weighted by Gasteiger charge is -2.17. The molecule has 2 saturated heterocycles. The van der Waals surface area contributed by atoms with E-state index in [4.69, 9.17) is 0 Å². The Hall–Kier alpha value is -2.11. The molecule has 1 aromatic heterocycles. The molecule has 1 aromatic carbocycles. The molecule has 0 unspecified atom stereocenters. The lowest BCUT2D eigenvalue weighted by Crippen LogP contribution is -2.31. The summed E-state index contributed by atoms with van der Waals surface area (Å²) >= 11 is 0. The normalized spacial score (nSPS) is 22.1. The Bertz CT molecular complexity index is 715. The minimum atomic E-state index is -0.0352. The molecular weight excluding hydrogens is 326 g/mol. The average molecular weight is 346 g/mol. The van der Waals surface area contributed by atoms with E-state index in [0.29, 0.717) is 28.5 Å². The molecule has 0 bridgehead atoms.